The zero-order valence-electron chi connectivity index (χ0n) is 14.2. The van der Waals surface area contributed by atoms with E-state index in [0.29, 0.717) is 21.5 Å². The summed E-state index contributed by atoms with van der Waals surface area (Å²) in [6, 6.07) is 12.5. The van der Waals surface area contributed by atoms with Gasteiger partial charge in [-0.25, -0.2) is 9.18 Å². The van der Waals surface area contributed by atoms with Crippen LogP contribution >= 0.6 is 11.3 Å². The van der Waals surface area contributed by atoms with Crippen LogP contribution in [-0.4, -0.2) is 24.4 Å². The van der Waals surface area contributed by atoms with Gasteiger partial charge in [0.2, 0.25) is 5.91 Å². The highest BCUT2D eigenvalue weighted by atomic mass is 32.1. The average Bonchev–Trinajstić information content (AvgIpc) is 3.05. The molecule has 2 aromatic carbocycles. The molecule has 1 heterocycles. The van der Waals surface area contributed by atoms with Crippen molar-refractivity contribution in [1.29, 1.82) is 0 Å². The van der Waals surface area contributed by atoms with Crippen molar-refractivity contribution in [3.63, 3.8) is 0 Å². The van der Waals surface area contributed by atoms with Crippen molar-refractivity contribution < 1.29 is 23.5 Å². The van der Waals surface area contributed by atoms with Gasteiger partial charge in [0.1, 0.15) is 10.7 Å². The molecule has 0 fully saturated rings. The van der Waals surface area contributed by atoms with E-state index in [1.807, 2.05) is 0 Å². The highest BCUT2D eigenvalue weighted by Crippen LogP contribution is 2.28. The fraction of sp³-hybridized carbons (Fsp3) is 0.105. The van der Waals surface area contributed by atoms with Crippen LogP contribution in [0.2, 0.25) is 0 Å². The Balaban J connectivity index is 1.59. The summed E-state index contributed by atoms with van der Waals surface area (Å²) in [5.74, 6) is -1.87. The molecule has 6 nitrogen and oxygen atoms in total. The van der Waals surface area contributed by atoms with Crippen LogP contribution in [0.25, 0.3) is 10.1 Å². The van der Waals surface area contributed by atoms with Crippen LogP contribution in [0, 0.1) is 5.82 Å². The van der Waals surface area contributed by atoms with Crippen molar-refractivity contribution in [3.05, 3.63) is 59.2 Å². The summed E-state index contributed by atoms with van der Waals surface area (Å²) >= 11 is 1.10. The van der Waals surface area contributed by atoms with Gasteiger partial charge < -0.3 is 15.4 Å². The number of carbonyl (C=O) groups excluding carboxylic acids is 3. The Morgan fingerprint density at radius 3 is 2.44 bits per heavy atom. The zero-order chi connectivity index (χ0) is 19.4. The average molecular weight is 386 g/mol. The zero-order valence-corrected chi connectivity index (χ0v) is 15.1. The quantitative estimate of drug-likeness (QED) is 0.654. The van der Waals surface area contributed by atoms with Crippen molar-refractivity contribution in [2.24, 2.45) is 0 Å². The van der Waals surface area contributed by atoms with Crippen molar-refractivity contribution in [3.8, 4) is 0 Å². The second kappa shape index (κ2) is 7.96. The Labute approximate surface area is 157 Å². The Hall–Kier alpha value is -3.26. The first-order valence-corrected chi connectivity index (χ1v) is 8.77. The summed E-state index contributed by atoms with van der Waals surface area (Å²) in [5.41, 5.74) is 0.982. The second-order valence-corrected chi connectivity index (χ2v) is 6.73. The summed E-state index contributed by atoms with van der Waals surface area (Å²) in [7, 11) is 0. The maximum Gasteiger partial charge on any atom is 0.348 e. The van der Waals surface area contributed by atoms with Crippen LogP contribution in [-0.2, 0) is 14.3 Å². The minimum absolute atomic E-state index is 0.218. The largest absolute Gasteiger partial charge is 0.451 e. The molecule has 1 aromatic heterocycles. The molecule has 0 atom stereocenters. The van der Waals surface area contributed by atoms with Crippen LogP contribution in [0.15, 0.2) is 48.5 Å². The Morgan fingerprint density at radius 1 is 1.04 bits per heavy atom. The van der Waals surface area contributed by atoms with Gasteiger partial charge in [0.05, 0.1) is 0 Å². The lowest BCUT2D eigenvalue weighted by Gasteiger charge is -2.08. The smallest absolute Gasteiger partial charge is 0.348 e. The van der Waals surface area contributed by atoms with Gasteiger partial charge in [-0.05, 0) is 36.4 Å². The molecular weight excluding hydrogens is 371 g/mol. The van der Waals surface area contributed by atoms with E-state index in [-0.39, 0.29) is 10.8 Å². The molecule has 0 bridgehead atoms. The van der Waals surface area contributed by atoms with Crippen molar-refractivity contribution in [2.75, 3.05) is 17.2 Å². The van der Waals surface area contributed by atoms with Crippen molar-refractivity contribution in [1.82, 2.24) is 0 Å². The molecule has 3 rings (SSSR count). The lowest BCUT2D eigenvalue weighted by atomic mass is 10.2. The fourth-order valence-electron chi connectivity index (χ4n) is 2.40. The number of carbonyl (C=O) groups is 3. The van der Waals surface area contributed by atoms with Gasteiger partial charge in [0.15, 0.2) is 6.61 Å². The van der Waals surface area contributed by atoms with Crippen LogP contribution in [0.1, 0.15) is 16.6 Å². The third-order valence-corrected chi connectivity index (χ3v) is 4.59. The predicted octanol–water partition coefficient (Wildman–Crippen LogP) is 3.79. The van der Waals surface area contributed by atoms with E-state index in [1.54, 1.807) is 36.4 Å². The van der Waals surface area contributed by atoms with E-state index in [4.69, 9.17) is 4.74 Å². The molecular formula is C19H15FN2O4S. The van der Waals surface area contributed by atoms with Gasteiger partial charge in [-0.1, -0.05) is 12.1 Å². The van der Waals surface area contributed by atoms with Crippen molar-refractivity contribution in [2.45, 2.75) is 6.92 Å². The fourth-order valence-corrected chi connectivity index (χ4v) is 3.37. The molecule has 2 amide bonds. The van der Waals surface area contributed by atoms with E-state index in [0.717, 1.165) is 11.3 Å². The highest BCUT2D eigenvalue weighted by Gasteiger charge is 2.15. The molecule has 0 spiro atoms. The van der Waals surface area contributed by atoms with Crippen LogP contribution in [0.4, 0.5) is 15.8 Å². The number of hydrogen-bond acceptors (Lipinski definition) is 5. The highest BCUT2D eigenvalue weighted by molar-refractivity contribution is 7.20. The number of thiophene rings is 1. The molecule has 0 aliphatic rings. The van der Waals surface area contributed by atoms with E-state index in [1.165, 1.54) is 19.1 Å². The first-order chi connectivity index (χ1) is 12.9. The first-order valence-electron chi connectivity index (χ1n) is 7.95. The molecule has 8 heteroatoms. The minimum atomic E-state index is -0.697. The van der Waals surface area contributed by atoms with E-state index in [2.05, 4.69) is 10.6 Å². The number of amides is 2. The van der Waals surface area contributed by atoms with Gasteiger partial charge in [-0.15, -0.1) is 11.3 Å². The molecule has 0 aliphatic heterocycles. The number of fused-ring (bicyclic) bond motifs is 1. The lowest BCUT2D eigenvalue weighted by molar-refractivity contribution is -0.119. The van der Waals surface area contributed by atoms with Crippen molar-refractivity contribution >= 4 is 50.6 Å². The van der Waals surface area contributed by atoms with E-state index < -0.39 is 24.3 Å². The second-order valence-electron chi connectivity index (χ2n) is 5.65. The number of ether oxygens (including phenoxy) is 1. The van der Waals surface area contributed by atoms with Crippen LogP contribution in [0.5, 0.6) is 0 Å². The predicted molar refractivity (Wildman–Crippen MR) is 101 cm³/mol. The number of rotatable bonds is 5. The molecule has 0 saturated heterocycles. The van der Waals surface area contributed by atoms with E-state index >= 15 is 0 Å². The summed E-state index contributed by atoms with van der Waals surface area (Å²) in [6.07, 6.45) is 0. The maximum atomic E-state index is 13.7. The van der Waals surface area contributed by atoms with E-state index in [9.17, 15) is 18.8 Å². The maximum absolute atomic E-state index is 13.7. The standard InChI is InChI=1S/C19H15FN2O4S/c1-11(23)21-12-4-2-5-13(8-12)22-18(24)10-26-19(25)17-9-14-15(20)6-3-7-16(14)27-17/h2-9H,10H2,1H3,(H,21,23)(H,22,24). The molecule has 27 heavy (non-hydrogen) atoms. The number of benzene rings is 2. The number of halogens is 1. The summed E-state index contributed by atoms with van der Waals surface area (Å²) in [4.78, 5) is 35.4. The Morgan fingerprint density at radius 2 is 1.74 bits per heavy atom. The molecule has 0 aliphatic carbocycles. The summed E-state index contributed by atoms with van der Waals surface area (Å²) < 4.78 is 19.3. The number of esters is 1. The minimum Gasteiger partial charge on any atom is -0.451 e. The molecule has 0 radical (unpaired) electrons. The van der Waals surface area contributed by atoms with Crippen LogP contribution < -0.4 is 10.6 Å². The van der Waals surface area contributed by atoms with Gasteiger partial charge in [-0.3, -0.25) is 9.59 Å². The molecule has 0 saturated carbocycles. The molecule has 3 aromatic rings. The summed E-state index contributed by atoms with van der Waals surface area (Å²) in [5, 5.41) is 5.52. The Bertz CT molecular complexity index is 1030. The van der Waals surface area contributed by atoms with Gasteiger partial charge in [-0.2, -0.15) is 0 Å². The topological polar surface area (TPSA) is 84.5 Å². The third kappa shape index (κ3) is 4.68. The number of nitrogens with one attached hydrogen (secondary N) is 2. The Kier molecular flexibility index (Phi) is 5.46. The molecule has 0 unspecified atom stereocenters. The van der Waals surface area contributed by atoms with Crippen LogP contribution in [0.3, 0.4) is 0 Å². The third-order valence-electron chi connectivity index (χ3n) is 3.51. The van der Waals surface area contributed by atoms with Gasteiger partial charge in [0.25, 0.3) is 5.91 Å². The number of hydrogen-bond donors (Lipinski definition) is 2. The summed E-state index contributed by atoms with van der Waals surface area (Å²) in [6.45, 7) is 0.893. The van der Waals surface area contributed by atoms with Gasteiger partial charge in [0, 0.05) is 28.4 Å². The lowest BCUT2D eigenvalue weighted by Crippen LogP contribution is -2.20. The SMILES string of the molecule is CC(=O)Nc1cccc(NC(=O)COC(=O)c2cc3c(F)cccc3s2)c1. The normalized spacial score (nSPS) is 10.4. The number of anilines is 2. The first kappa shape index (κ1) is 18.5. The molecule has 2 N–H and O–H groups in total. The monoisotopic (exact) mass is 386 g/mol. The molecule has 138 valence electrons. The van der Waals surface area contributed by atoms with Gasteiger partial charge >= 0.3 is 5.97 Å².